The fraction of sp³-hybridized carbons (Fsp3) is 0.333. The molecule has 2 aromatic carbocycles. The first-order valence-electron chi connectivity index (χ1n) is 9.48. The van der Waals surface area contributed by atoms with E-state index in [0.29, 0.717) is 22.6 Å². The van der Waals surface area contributed by atoms with E-state index in [-0.39, 0.29) is 17.9 Å². The van der Waals surface area contributed by atoms with Crippen molar-refractivity contribution >= 4 is 49.3 Å². The molecule has 1 aromatic heterocycles. The molecule has 3 aromatic rings. The molecule has 0 aliphatic carbocycles. The monoisotopic (exact) mass is 431 g/mol. The van der Waals surface area contributed by atoms with E-state index in [1.54, 1.807) is 12.1 Å². The van der Waals surface area contributed by atoms with Crippen LogP contribution < -0.4 is 10.1 Å². The zero-order chi connectivity index (χ0) is 21.5. The maximum Gasteiger partial charge on any atom is 0.310 e. The Labute approximate surface area is 173 Å². The minimum absolute atomic E-state index is 0.0396. The summed E-state index contributed by atoms with van der Waals surface area (Å²) in [6.07, 6.45) is -0.886. The van der Waals surface area contributed by atoms with Crippen LogP contribution in [0.3, 0.4) is 0 Å². The van der Waals surface area contributed by atoms with Crippen molar-refractivity contribution in [1.29, 1.82) is 0 Å². The number of nitrogens with one attached hydrogen (secondary N) is 1. The zero-order valence-electron chi connectivity index (χ0n) is 16.5. The van der Waals surface area contributed by atoms with Crippen LogP contribution in [0.15, 0.2) is 40.8 Å². The summed E-state index contributed by atoms with van der Waals surface area (Å²) in [5.74, 6) is -1.82. The average Bonchev–Trinajstić information content (AvgIpc) is 3.26. The van der Waals surface area contributed by atoms with Gasteiger partial charge in [-0.1, -0.05) is 18.2 Å². The molecule has 1 aliphatic heterocycles. The van der Waals surface area contributed by atoms with E-state index in [1.807, 2.05) is 24.3 Å². The van der Waals surface area contributed by atoms with Gasteiger partial charge in [-0.25, -0.2) is 8.42 Å². The van der Waals surface area contributed by atoms with Crippen LogP contribution in [0.4, 0.5) is 5.69 Å². The van der Waals surface area contributed by atoms with Crippen molar-refractivity contribution in [3.63, 3.8) is 0 Å². The molecule has 1 amide bonds. The smallest absolute Gasteiger partial charge is 0.310 e. The van der Waals surface area contributed by atoms with E-state index in [1.165, 1.54) is 14.0 Å². The van der Waals surface area contributed by atoms with Gasteiger partial charge in [0.15, 0.2) is 15.9 Å². The Balaban J connectivity index is 1.52. The number of carbonyl (C=O) groups is 2. The van der Waals surface area contributed by atoms with Crippen LogP contribution in [0, 0.1) is 5.92 Å². The molecule has 0 unspecified atom stereocenters. The molecule has 4 rings (SSSR count). The predicted octanol–water partition coefficient (Wildman–Crippen LogP) is 2.90. The zero-order valence-corrected chi connectivity index (χ0v) is 17.3. The standard InChI is InChI=1S/C21H21NO7S/c1-12(28-21(24)13-7-8-30(25,26)11-13)20(23)22-16-10-18-15(9-19(16)27-2)14-5-3-4-6-17(14)29-18/h3-6,9-10,12-13H,7-8,11H2,1-2H3,(H,22,23)/t12-,13-/m0/s1. The Bertz CT molecular complexity index is 1240. The normalized spacial score (nSPS) is 18.9. The highest BCUT2D eigenvalue weighted by Crippen LogP contribution is 2.36. The molecule has 2 atom stereocenters. The van der Waals surface area contributed by atoms with Crippen molar-refractivity contribution in [3.8, 4) is 5.75 Å². The molecular formula is C21H21NO7S. The van der Waals surface area contributed by atoms with E-state index < -0.39 is 33.7 Å². The molecule has 1 aliphatic rings. The fourth-order valence-corrected chi connectivity index (χ4v) is 5.28. The predicted molar refractivity (Wildman–Crippen MR) is 111 cm³/mol. The van der Waals surface area contributed by atoms with Crippen LogP contribution >= 0.6 is 0 Å². The Hall–Kier alpha value is -3.07. The molecule has 158 valence electrons. The Kier molecular flexibility index (Phi) is 5.15. The van der Waals surface area contributed by atoms with E-state index >= 15 is 0 Å². The Morgan fingerprint density at radius 3 is 2.63 bits per heavy atom. The molecular weight excluding hydrogens is 410 g/mol. The number of esters is 1. The molecule has 0 saturated carbocycles. The molecule has 8 nitrogen and oxygen atoms in total. The van der Waals surface area contributed by atoms with Gasteiger partial charge in [0.05, 0.1) is 30.2 Å². The summed E-state index contributed by atoms with van der Waals surface area (Å²) < 4.78 is 39.5. The van der Waals surface area contributed by atoms with Gasteiger partial charge in [0.25, 0.3) is 5.91 Å². The molecule has 1 fully saturated rings. The van der Waals surface area contributed by atoms with E-state index in [0.717, 1.165) is 10.8 Å². The second kappa shape index (κ2) is 7.64. The second-order valence-electron chi connectivity index (χ2n) is 7.32. The maximum atomic E-state index is 12.6. The number of para-hydroxylation sites is 1. The lowest BCUT2D eigenvalue weighted by Crippen LogP contribution is -2.32. The second-order valence-corrected chi connectivity index (χ2v) is 9.54. The van der Waals surface area contributed by atoms with E-state index in [4.69, 9.17) is 13.9 Å². The molecule has 9 heteroatoms. The highest BCUT2D eigenvalue weighted by atomic mass is 32.2. The minimum Gasteiger partial charge on any atom is -0.495 e. The molecule has 0 spiro atoms. The number of furan rings is 1. The van der Waals surface area contributed by atoms with Crippen LogP contribution in [0.25, 0.3) is 21.9 Å². The molecule has 1 saturated heterocycles. The first-order chi connectivity index (χ1) is 14.3. The van der Waals surface area contributed by atoms with E-state index in [2.05, 4.69) is 5.32 Å². The van der Waals surface area contributed by atoms with Gasteiger partial charge < -0.3 is 19.2 Å². The third kappa shape index (κ3) is 3.85. The number of sulfone groups is 1. The third-order valence-electron chi connectivity index (χ3n) is 5.18. The Morgan fingerprint density at radius 2 is 1.93 bits per heavy atom. The highest BCUT2D eigenvalue weighted by Gasteiger charge is 2.35. The molecule has 30 heavy (non-hydrogen) atoms. The minimum atomic E-state index is -3.21. The summed E-state index contributed by atoms with van der Waals surface area (Å²) in [6, 6.07) is 11.0. The van der Waals surface area contributed by atoms with Crippen molar-refractivity contribution in [2.45, 2.75) is 19.4 Å². The number of carbonyl (C=O) groups excluding carboxylic acids is 2. The van der Waals surface area contributed by atoms with Crippen LogP contribution in [0.1, 0.15) is 13.3 Å². The maximum absolute atomic E-state index is 12.6. The molecule has 0 bridgehead atoms. The van der Waals surface area contributed by atoms with Crippen molar-refractivity contribution in [3.05, 3.63) is 36.4 Å². The largest absolute Gasteiger partial charge is 0.495 e. The number of ether oxygens (including phenoxy) is 2. The number of hydrogen-bond donors (Lipinski definition) is 1. The Morgan fingerprint density at radius 1 is 1.17 bits per heavy atom. The number of hydrogen-bond acceptors (Lipinski definition) is 7. The number of fused-ring (bicyclic) bond motifs is 3. The van der Waals surface area contributed by atoms with Crippen LogP contribution in [-0.2, 0) is 24.2 Å². The summed E-state index contributed by atoms with van der Waals surface area (Å²) in [7, 11) is -1.73. The summed E-state index contributed by atoms with van der Waals surface area (Å²) in [6.45, 7) is 1.43. The summed E-state index contributed by atoms with van der Waals surface area (Å²) in [4.78, 5) is 24.8. The number of rotatable bonds is 5. The van der Waals surface area contributed by atoms with Crippen LogP contribution in [0.5, 0.6) is 5.75 Å². The van der Waals surface area contributed by atoms with Crippen molar-refractivity contribution in [2.24, 2.45) is 5.92 Å². The fourth-order valence-electron chi connectivity index (χ4n) is 3.56. The molecule has 2 heterocycles. The summed E-state index contributed by atoms with van der Waals surface area (Å²) >= 11 is 0. The van der Waals surface area contributed by atoms with Gasteiger partial charge in [0.2, 0.25) is 0 Å². The van der Waals surface area contributed by atoms with Gasteiger partial charge in [-0.15, -0.1) is 0 Å². The van der Waals surface area contributed by atoms with Crippen LogP contribution in [-0.4, -0.2) is 45.0 Å². The first kappa shape index (κ1) is 20.2. The topological polar surface area (TPSA) is 112 Å². The number of anilines is 1. The summed E-state index contributed by atoms with van der Waals surface area (Å²) in [5, 5.41) is 4.47. The van der Waals surface area contributed by atoms with Gasteiger partial charge in [-0.05, 0) is 25.5 Å². The van der Waals surface area contributed by atoms with Gasteiger partial charge >= 0.3 is 5.97 Å². The lowest BCUT2D eigenvalue weighted by molar-refractivity contribution is -0.156. The average molecular weight is 431 g/mol. The number of benzene rings is 2. The lowest BCUT2D eigenvalue weighted by atomic mass is 10.1. The SMILES string of the molecule is COc1cc2c(cc1NC(=O)[C@H](C)OC(=O)[C@H]1CCS(=O)(=O)C1)oc1ccccc12. The van der Waals surface area contributed by atoms with Crippen molar-refractivity contribution in [2.75, 3.05) is 23.9 Å². The number of amides is 1. The number of methoxy groups -OCH3 is 1. The van der Waals surface area contributed by atoms with Gasteiger partial charge in [-0.2, -0.15) is 0 Å². The lowest BCUT2D eigenvalue weighted by Gasteiger charge is -2.16. The van der Waals surface area contributed by atoms with Crippen molar-refractivity contribution in [1.82, 2.24) is 0 Å². The van der Waals surface area contributed by atoms with Crippen LogP contribution in [0.2, 0.25) is 0 Å². The first-order valence-corrected chi connectivity index (χ1v) is 11.3. The molecule has 1 N–H and O–H groups in total. The quantitative estimate of drug-likeness (QED) is 0.618. The van der Waals surface area contributed by atoms with Gasteiger partial charge in [0, 0.05) is 16.8 Å². The highest BCUT2D eigenvalue weighted by molar-refractivity contribution is 7.91. The summed E-state index contributed by atoms with van der Waals surface area (Å²) in [5.41, 5.74) is 1.67. The van der Waals surface area contributed by atoms with Gasteiger partial charge in [0.1, 0.15) is 16.9 Å². The van der Waals surface area contributed by atoms with Gasteiger partial charge in [-0.3, -0.25) is 9.59 Å². The molecule has 0 radical (unpaired) electrons. The van der Waals surface area contributed by atoms with Crippen molar-refractivity contribution < 1.29 is 31.9 Å². The third-order valence-corrected chi connectivity index (χ3v) is 6.95. The van der Waals surface area contributed by atoms with E-state index in [9.17, 15) is 18.0 Å².